The number of urea groups is 1. The van der Waals surface area contributed by atoms with Crippen LogP contribution in [0.5, 0.6) is 0 Å². The molecule has 3 amide bonds. The fraction of sp³-hybridized carbons (Fsp3) is 0.389. The number of hydrogen-bond acceptors (Lipinski definition) is 4. The Kier molecular flexibility index (Phi) is 6.79. The van der Waals surface area contributed by atoms with Gasteiger partial charge < -0.3 is 9.88 Å². The summed E-state index contributed by atoms with van der Waals surface area (Å²) in [4.78, 5) is 27.8. The minimum atomic E-state index is -0.542. The van der Waals surface area contributed by atoms with E-state index in [1.54, 1.807) is 25.3 Å². The van der Waals surface area contributed by atoms with Crippen LogP contribution in [-0.2, 0) is 11.3 Å². The molecular formula is C18H23FN4O2S. The van der Waals surface area contributed by atoms with Crippen molar-refractivity contribution in [1.82, 2.24) is 20.2 Å². The minimum Gasteiger partial charge on any atom is -0.341 e. The third-order valence-corrected chi connectivity index (χ3v) is 4.73. The summed E-state index contributed by atoms with van der Waals surface area (Å²) in [6.07, 6.45) is 1.72. The number of rotatable bonds is 6. The Hall–Kier alpha value is -2.35. The van der Waals surface area contributed by atoms with Crippen LogP contribution in [0.4, 0.5) is 9.18 Å². The average Bonchev–Trinajstić information content (AvgIpc) is 2.97. The number of amides is 3. The van der Waals surface area contributed by atoms with Gasteiger partial charge in [0, 0.05) is 13.6 Å². The molecule has 0 aliphatic heterocycles. The molecule has 1 atom stereocenters. The van der Waals surface area contributed by atoms with E-state index in [4.69, 9.17) is 0 Å². The summed E-state index contributed by atoms with van der Waals surface area (Å²) in [5.74, 6) is -0.327. The SMILES string of the molecule is CNC(=O)NC(=O)[C@@H](C)Sc1ncc(-c2ccc(F)cc2)n1CC(C)C. The summed E-state index contributed by atoms with van der Waals surface area (Å²) in [5.41, 5.74) is 1.72. The van der Waals surface area contributed by atoms with E-state index in [-0.39, 0.29) is 5.82 Å². The molecule has 0 fully saturated rings. The van der Waals surface area contributed by atoms with E-state index in [0.717, 1.165) is 11.3 Å². The highest BCUT2D eigenvalue weighted by Gasteiger charge is 2.21. The maximum absolute atomic E-state index is 13.2. The Bertz CT molecular complexity index is 774. The van der Waals surface area contributed by atoms with Crippen molar-refractivity contribution in [2.75, 3.05) is 7.05 Å². The highest BCUT2D eigenvalue weighted by Crippen LogP contribution is 2.29. The number of aromatic nitrogens is 2. The Labute approximate surface area is 156 Å². The van der Waals surface area contributed by atoms with Gasteiger partial charge in [-0.1, -0.05) is 25.6 Å². The normalized spacial score (nSPS) is 12.1. The van der Waals surface area contributed by atoms with Gasteiger partial charge in [-0.15, -0.1) is 0 Å². The molecule has 140 valence electrons. The molecule has 8 heteroatoms. The van der Waals surface area contributed by atoms with E-state index in [1.807, 2.05) is 4.57 Å². The molecule has 6 nitrogen and oxygen atoms in total. The number of benzene rings is 1. The first kappa shape index (κ1) is 20.0. The molecule has 0 radical (unpaired) electrons. The highest BCUT2D eigenvalue weighted by atomic mass is 32.2. The number of carbonyl (C=O) groups is 2. The van der Waals surface area contributed by atoms with Crippen molar-refractivity contribution in [3.05, 3.63) is 36.3 Å². The Morgan fingerprint density at radius 2 is 1.88 bits per heavy atom. The van der Waals surface area contributed by atoms with Crippen molar-refractivity contribution in [2.45, 2.75) is 37.7 Å². The van der Waals surface area contributed by atoms with Gasteiger partial charge in [0.25, 0.3) is 0 Å². The number of carbonyl (C=O) groups excluding carboxylic acids is 2. The number of halogens is 1. The molecule has 1 aromatic heterocycles. The van der Waals surface area contributed by atoms with Crippen molar-refractivity contribution in [3.63, 3.8) is 0 Å². The second-order valence-electron chi connectivity index (χ2n) is 6.27. The second-order valence-corrected chi connectivity index (χ2v) is 7.57. The number of nitrogens with one attached hydrogen (secondary N) is 2. The summed E-state index contributed by atoms with van der Waals surface area (Å²) < 4.78 is 15.2. The lowest BCUT2D eigenvalue weighted by atomic mass is 10.1. The fourth-order valence-electron chi connectivity index (χ4n) is 2.33. The molecule has 2 aromatic rings. The zero-order chi connectivity index (χ0) is 19.3. The molecule has 26 heavy (non-hydrogen) atoms. The minimum absolute atomic E-state index is 0.294. The van der Waals surface area contributed by atoms with Gasteiger partial charge in [-0.3, -0.25) is 10.1 Å². The van der Waals surface area contributed by atoms with Crippen molar-refractivity contribution in [2.24, 2.45) is 5.92 Å². The second kappa shape index (κ2) is 8.84. The van der Waals surface area contributed by atoms with Crippen LogP contribution >= 0.6 is 11.8 Å². The molecule has 1 aromatic carbocycles. The highest BCUT2D eigenvalue weighted by molar-refractivity contribution is 8.00. The lowest BCUT2D eigenvalue weighted by molar-refractivity contribution is -0.119. The maximum Gasteiger partial charge on any atom is 0.321 e. The van der Waals surface area contributed by atoms with Gasteiger partial charge in [-0.05, 0) is 42.7 Å². The molecule has 0 spiro atoms. The number of hydrogen-bond donors (Lipinski definition) is 2. The van der Waals surface area contributed by atoms with Crippen LogP contribution in [0, 0.1) is 11.7 Å². The molecule has 0 aliphatic rings. The molecule has 0 saturated heterocycles. The molecule has 0 unspecified atom stereocenters. The molecular weight excluding hydrogens is 355 g/mol. The third-order valence-electron chi connectivity index (χ3n) is 3.62. The van der Waals surface area contributed by atoms with Crippen LogP contribution in [0.2, 0.25) is 0 Å². The van der Waals surface area contributed by atoms with Gasteiger partial charge in [-0.2, -0.15) is 0 Å². The van der Waals surface area contributed by atoms with Crippen LogP contribution < -0.4 is 10.6 Å². The van der Waals surface area contributed by atoms with Crippen molar-refractivity contribution in [3.8, 4) is 11.3 Å². The first-order valence-corrected chi connectivity index (χ1v) is 9.20. The van der Waals surface area contributed by atoms with Crippen molar-refractivity contribution < 1.29 is 14.0 Å². The van der Waals surface area contributed by atoms with Crippen LogP contribution in [-0.4, -0.2) is 33.8 Å². The summed E-state index contributed by atoms with van der Waals surface area (Å²) in [5, 5.41) is 4.80. The maximum atomic E-state index is 13.2. The average molecular weight is 378 g/mol. The van der Waals surface area contributed by atoms with Crippen LogP contribution in [0.1, 0.15) is 20.8 Å². The van der Waals surface area contributed by atoms with Crippen LogP contribution in [0.15, 0.2) is 35.6 Å². The topological polar surface area (TPSA) is 76.0 Å². The molecule has 0 saturated carbocycles. The van der Waals surface area contributed by atoms with E-state index in [9.17, 15) is 14.0 Å². The number of imide groups is 1. The van der Waals surface area contributed by atoms with Gasteiger partial charge in [-0.25, -0.2) is 14.2 Å². The van der Waals surface area contributed by atoms with E-state index >= 15 is 0 Å². The smallest absolute Gasteiger partial charge is 0.321 e. The van der Waals surface area contributed by atoms with Crippen molar-refractivity contribution in [1.29, 1.82) is 0 Å². The molecule has 0 bridgehead atoms. The predicted octanol–water partition coefficient (Wildman–Crippen LogP) is 3.28. The molecule has 2 N–H and O–H groups in total. The molecule has 0 aliphatic carbocycles. The standard InChI is InChI=1S/C18H23FN4O2S/c1-11(2)10-23-15(13-5-7-14(19)8-6-13)9-21-18(23)26-12(3)16(24)22-17(25)20-4/h5-9,11-12H,10H2,1-4H3,(H2,20,22,24,25)/t12-/m1/s1. The van der Waals surface area contributed by atoms with Crippen LogP contribution in [0.3, 0.4) is 0 Å². The van der Waals surface area contributed by atoms with Gasteiger partial charge in [0.1, 0.15) is 5.82 Å². The van der Waals surface area contributed by atoms with Gasteiger partial charge in [0.15, 0.2) is 5.16 Å². The predicted molar refractivity (Wildman–Crippen MR) is 100 cm³/mol. The number of nitrogens with zero attached hydrogens (tertiary/aromatic N) is 2. The summed E-state index contributed by atoms with van der Waals surface area (Å²) in [6.45, 7) is 6.60. The fourth-order valence-corrected chi connectivity index (χ4v) is 3.23. The Morgan fingerprint density at radius 3 is 2.46 bits per heavy atom. The first-order valence-electron chi connectivity index (χ1n) is 8.32. The molecule has 2 rings (SSSR count). The Morgan fingerprint density at radius 1 is 1.23 bits per heavy atom. The summed E-state index contributed by atoms with van der Waals surface area (Å²) in [6, 6.07) is 5.70. The zero-order valence-corrected chi connectivity index (χ0v) is 16.1. The largest absolute Gasteiger partial charge is 0.341 e. The van der Waals surface area contributed by atoms with Crippen molar-refractivity contribution >= 4 is 23.7 Å². The summed E-state index contributed by atoms with van der Waals surface area (Å²) >= 11 is 1.28. The monoisotopic (exact) mass is 378 g/mol. The lowest BCUT2D eigenvalue weighted by Gasteiger charge is -2.16. The summed E-state index contributed by atoms with van der Waals surface area (Å²) in [7, 11) is 1.45. The van der Waals surface area contributed by atoms with Gasteiger partial charge >= 0.3 is 6.03 Å². The Balaban J connectivity index is 2.26. The van der Waals surface area contributed by atoms with Gasteiger partial charge in [0.2, 0.25) is 5.91 Å². The van der Waals surface area contributed by atoms with Crippen LogP contribution in [0.25, 0.3) is 11.3 Å². The van der Waals surface area contributed by atoms with E-state index in [2.05, 4.69) is 29.5 Å². The lowest BCUT2D eigenvalue weighted by Crippen LogP contribution is -2.41. The first-order chi connectivity index (χ1) is 12.3. The van der Waals surface area contributed by atoms with E-state index < -0.39 is 17.2 Å². The number of thioether (sulfide) groups is 1. The van der Waals surface area contributed by atoms with E-state index in [0.29, 0.717) is 17.6 Å². The van der Waals surface area contributed by atoms with Gasteiger partial charge in [0.05, 0.1) is 17.1 Å². The number of imidazole rings is 1. The molecule has 1 heterocycles. The quantitative estimate of drug-likeness (QED) is 0.757. The third kappa shape index (κ3) is 5.08. The van der Waals surface area contributed by atoms with E-state index in [1.165, 1.54) is 30.9 Å². The zero-order valence-electron chi connectivity index (χ0n) is 15.2.